The maximum Gasteiger partial charge on any atom is 0.254 e. The average molecular weight is 282 g/mol. The quantitative estimate of drug-likeness (QED) is 0.596. The van der Waals surface area contributed by atoms with Crippen LogP contribution < -0.4 is 11.1 Å². The number of nitrogens with two attached hydrogens (primary N) is 1. The molecule has 1 aromatic carbocycles. The van der Waals surface area contributed by atoms with Gasteiger partial charge in [-0.05, 0) is 37.0 Å². The van der Waals surface area contributed by atoms with Crippen molar-refractivity contribution in [2.45, 2.75) is 27.2 Å². The number of hydrogen-bond donors (Lipinski definition) is 2. The second-order valence-electron chi connectivity index (χ2n) is 5.28. The third kappa shape index (κ3) is 5.17. The summed E-state index contributed by atoms with van der Waals surface area (Å²) >= 11 is 0. The molecule has 5 heteroatoms. The molecule has 0 atom stereocenters. The molecule has 0 radical (unpaired) electrons. The number of benzene rings is 1. The van der Waals surface area contributed by atoms with Gasteiger partial charge in [0.25, 0.3) is 5.91 Å². The van der Waals surface area contributed by atoms with Crippen LogP contribution in [0.1, 0.15) is 36.2 Å². The van der Waals surface area contributed by atoms with Gasteiger partial charge in [0.1, 0.15) is 5.82 Å². The number of ether oxygens (including phenoxy) is 1. The van der Waals surface area contributed by atoms with Gasteiger partial charge in [-0.1, -0.05) is 13.8 Å². The molecule has 0 fully saturated rings. The number of amides is 1. The molecule has 1 aromatic rings. The summed E-state index contributed by atoms with van der Waals surface area (Å²) in [5, 5.41) is 2.67. The zero-order chi connectivity index (χ0) is 15.1. The molecule has 0 aliphatic rings. The number of nitrogen functional groups attached to an aromatic ring is 1. The predicted octanol–water partition coefficient (Wildman–Crippen LogP) is 2.51. The number of rotatable bonds is 7. The van der Waals surface area contributed by atoms with Gasteiger partial charge in [0, 0.05) is 25.4 Å². The first-order valence-corrected chi connectivity index (χ1v) is 6.83. The summed E-state index contributed by atoms with van der Waals surface area (Å²) in [6, 6.07) is 2.86. The first-order chi connectivity index (χ1) is 9.41. The maximum absolute atomic E-state index is 13.8. The summed E-state index contributed by atoms with van der Waals surface area (Å²) in [5.74, 6) is -0.469. The Labute approximate surface area is 119 Å². The Hall–Kier alpha value is -1.62. The number of anilines is 1. The fraction of sp³-hybridized carbons (Fsp3) is 0.533. The van der Waals surface area contributed by atoms with Crippen LogP contribution in [0.4, 0.5) is 10.1 Å². The molecule has 0 spiro atoms. The lowest BCUT2D eigenvalue weighted by Gasteiger charge is -2.09. The summed E-state index contributed by atoms with van der Waals surface area (Å²) in [6.07, 6.45) is 0.696. The first kappa shape index (κ1) is 16.4. The lowest BCUT2D eigenvalue weighted by molar-refractivity contribution is 0.0921. The molecule has 1 rings (SSSR count). The van der Waals surface area contributed by atoms with Crippen molar-refractivity contribution in [1.82, 2.24) is 5.32 Å². The minimum absolute atomic E-state index is 0.00870. The minimum Gasteiger partial charge on any atom is -0.399 e. The molecule has 0 bridgehead atoms. The SMILES string of the molecule is Cc1cc(N)cc(C(=O)NCCCOCC(C)C)c1F. The van der Waals surface area contributed by atoms with Crippen LogP contribution >= 0.6 is 0 Å². The highest BCUT2D eigenvalue weighted by Gasteiger charge is 2.14. The highest BCUT2D eigenvalue weighted by molar-refractivity contribution is 5.95. The summed E-state index contributed by atoms with van der Waals surface area (Å²) in [4.78, 5) is 11.9. The van der Waals surface area contributed by atoms with Crippen molar-refractivity contribution in [3.63, 3.8) is 0 Å². The Morgan fingerprint density at radius 3 is 2.80 bits per heavy atom. The van der Waals surface area contributed by atoms with E-state index in [9.17, 15) is 9.18 Å². The molecule has 0 saturated carbocycles. The van der Waals surface area contributed by atoms with E-state index in [1.165, 1.54) is 12.1 Å². The van der Waals surface area contributed by atoms with Crippen LogP contribution in [0.3, 0.4) is 0 Å². The number of hydrogen-bond acceptors (Lipinski definition) is 3. The van der Waals surface area contributed by atoms with Gasteiger partial charge in [0.2, 0.25) is 0 Å². The topological polar surface area (TPSA) is 64.4 Å². The molecule has 0 heterocycles. The van der Waals surface area contributed by atoms with Crippen LogP contribution in [0.25, 0.3) is 0 Å². The smallest absolute Gasteiger partial charge is 0.254 e. The van der Waals surface area contributed by atoms with Gasteiger partial charge in [-0.2, -0.15) is 0 Å². The minimum atomic E-state index is -0.521. The second-order valence-corrected chi connectivity index (χ2v) is 5.28. The summed E-state index contributed by atoms with van der Waals surface area (Å²) < 4.78 is 19.2. The van der Waals surface area contributed by atoms with Crippen LogP contribution in [0, 0.1) is 18.7 Å². The number of halogens is 1. The molecule has 4 nitrogen and oxygen atoms in total. The lowest BCUT2D eigenvalue weighted by Crippen LogP contribution is -2.26. The number of carbonyl (C=O) groups is 1. The van der Waals surface area contributed by atoms with Gasteiger partial charge in [-0.25, -0.2) is 4.39 Å². The van der Waals surface area contributed by atoms with Crippen molar-refractivity contribution in [2.75, 3.05) is 25.5 Å². The molecule has 0 aliphatic carbocycles. The van der Waals surface area contributed by atoms with Crippen molar-refractivity contribution in [1.29, 1.82) is 0 Å². The van der Waals surface area contributed by atoms with Gasteiger partial charge < -0.3 is 15.8 Å². The monoisotopic (exact) mass is 282 g/mol. The predicted molar refractivity (Wildman–Crippen MR) is 78.2 cm³/mol. The van der Waals surface area contributed by atoms with E-state index < -0.39 is 11.7 Å². The molecule has 0 aliphatic heterocycles. The standard InChI is InChI=1S/C15H23FN2O2/c1-10(2)9-20-6-4-5-18-15(19)13-8-12(17)7-11(3)14(13)16/h7-8,10H,4-6,9,17H2,1-3H3,(H,18,19). The van der Waals surface area contributed by atoms with Crippen molar-refractivity contribution in [3.05, 3.63) is 29.1 Å². The molecule has 1 amide bonds. The third-order valence-corrected chi connectivity index (χ3v) is 2.72. The van der Waals surface area contributed by atoms with E-state index in [0.29, 0.717) is 43.3 Å². The Morgan fingerprint density at radius 1 is 1.45 bits per heavy atom. The third-order valence-electron chi connectivity index (χ3n) is 2.72. The normalized spacial score (nSPS) is 10.8. The van der Waals surface area contributed by atoms with Crippen molar-refractivity contribution in [3.8, 4) is 0 Å². The Balaban J connectivity index is 2.40. The summed E-state index contributed by atoms with van der Waals surface area (Å²) in [7, 11) is 0. The first-order valence-electron chi connectivity index (χ1n) is 6.83. The van der Waals surface area contributed by atoms with Crippen molar-refractivity contribution >= 4 is 11.6 Å². The van der Waals surface area contributed by atoms with Crippen molar-refractivity contribution < 1.29 is 13.9 Å². The van der Waals surface area contributed by atoms with E-state index in [2.05, 4.69) is 19.2 Å². The zero-order valence-electron chi connectivity index (χ0n) is 12.3. The van der Waals surface area contributed by atoms with Gasteiger partial charge in [0.15, 0.2) is 0 Å². The van der Waals surface area contributed by atoms with E-state index >= 15 is 0 Å². The van der Waals surface area contributed by atoms with Crippen LogP contribution in [0.15, 0.2) is 12.1 Å². The summed E-state index contributed by atoms with van der Waals surface area (Å²) in [6.45, 7) is 7.47. The van der Waals surface area contributed by atoms with Gasteiger partial charge in [-0.15, -0.1) is 0 Å². The summed E-state index contributed by atoms with van der Waals surface area (Å²) in [5.41, 5.74) is 6.37. The zero-order valence-corrected chi connectivity index (χ0v) is 12.3. The van der Waals surface area contributed by atoms with E-state index in [-0.39, 0.29) is 5.56 Å². The largest absolute Gasteiger partial charge is 0.399 e. The van der Waals surface area contributed by atoms with Crippen LogP contribution in [0.2, 0.25) is 0 Å². The second kappa shape index (κ2) is 7.85. The Bertz CT molecular complexity index is 461. The molecule has 20 heavy (non-hydrogen) atoms. The highest BCUT2D eigenvalue weighted by Crippen LogP contribution is 2.16. The van der Waals surface area contributed by atoms with E-state index in [4.69, 9.17) is 10.5 Å². The van der Waals surface area contributed by atoms with E-state index in [1.807, 2.05) is 0 Å². The fourth-order valence-corrected chi connectivity index (χ4v) is 1.75. The van der Waals surface area contributed by atoms with E-state index in [1.54, 1.807) is 6.92 Å². The van der Waals surface area contributed by atoms with Gasteiger partial charge in [0.05, 0.1) is 5.56 Å². The molecule has 0 saturated heterocycles. The van der Waals surface area contributed by atoms with Crippen LogP contribution in [-0.2, 0) is 4.74 Å². The molecular formula is C15H23FN2O2. The van der Waals surface area contributed by atoms with Crippen molar-refractivity contribution in [2.24, 2.45) is 5.92 Å². The molecule has 112 valence electrons. The maximum atomic E-state index is 13.8. The Morgan fingerprint density at radius 2 is 2.15 bits per heavy atom. The van der Waals surface area contributed by atoms with Gasteiger partial charge >= 0.3 is 0 Å². The molecule has 0 unspecified atom stereocenters. The van der Waals surface area contributed by atoms with Crippen LogP contribution in [0.5, 0.6) is 0 Å². The number of carbonyl (C=O) groups excluding carboxylic acids is 1. The highest BCUT2D eigenvalue weighted by atomic mass is 19.1. The molecule has 3 N–H and O–H groups in total. The number of aryl methyl sites for hydroxylation is 1. The van der Waals surface area contributed by atoms with Crippen LogP contribution in [-0.4, -0.2) is 25.7 Å². The fourth-order valence-electron chi connectivity index (χ4n) is 1.75. The average Bonchev–Trinajstić information content (AvgIpc) is 2.37. The van der Waals surface area contributed by atoms with Gasteiger partial charge in [-0.3, -0.25) is 4.79 Å². The number of nitrogens with one attached hydrogen (secondary N) is 1. The Kier molecular flexibility index (Phi) is 6.45. The molecule has 0 aromatic heterocycles. The van der Waals surface area contributed by atoms with E-state index in [0.717, 1.165) is 0 Å². The lowest BCUT2D eigenvalue weighted by atomic mass is 10.1. The molecular weight excluding hydrogens is 259 g/mol.